The lowest BCUT2D eigenvalue weighted by Crippen LogP contribution is -2.46. The third-order valence-corrected chi connectivity index (χ3v) is 6.47. The molecule has 1 saturated heterocycles. The SMILES string of the molecule is COc1cncc(N2CCN(Cc3nc4sc(-c5ccccc5)cc4c(=O)[nH]3)CC2)n1. The van der Waals surface area contributed by atoms with Gasteiger partial charge in [0.15, 0.2) is 5.82 Å². The van der Waals surface area contributed by atoms with Gasteiger partial charge in [-0.25, -0.2) is 4.98 Å². The molecule has 31 heavy (non-hydrogen) atoms. The molecule has 1 fully saturated rings. The van der Waals surface area contributed by atoms with Crippen molar-refractivity contribution in [3.05, 3.63) is 65.0 Å². The Bertz CT molecular complexity index is 1250. The summed E-state index contributed by atoms with van der Waals surface area (Å²) < 4.78 is 5.17. The zero-order valence-corrected chi connectivity index (χ0v) is 17.9. The Balaban J connectivity index is 1.29. The van der Waals surface area contributed by atoms with Crippen molar-refractivity contribution < 1.29 is 4.74 Å². The van der Waals surface area contributed by atoms with Crippen LogP contribution in [0.3, 0.4) is 0 Å². The van der Waals surface area contributed by atoms with Crippen LogP contribution in [-0.2, 0) is 6.54 Å². The predicted octanol–water partition coefficient (Wildman–Crippen LogP) is 2.77. The monoisotopic (exact) mass is 434 g/mol. The maximum atomic E-state index is 12.6. The molecule has 1 aromatic carbocycles. The molecule has 0 atom stereocenters. The molecule has 1 aliphatic heterocycles. The Morgan fingerprint density at radius 1 is 1.10 bits per heavy atom. The van der Waals surface area contributed by atoms with Crippen molar-refractivity contribution in [2.45, 2.75) is 6.54 Å². The molecule has 9 heteroatoms. The largest absolute Gasteiger partial charge is 0.480 e. The number of nitrogens with zero attached hydrogens (tertiary/aromatic N) is 5. The lowest BCUT2D eigenvalue weighted by molar-refractivity contribution is 0.243. The van der Waals surface area contributed by atoms with Crippen LogP contribution in [0.5, 0.6) is 5.88 Å². The minimum absolute atomic E-state index is 0.0799. The molecule has 1 N–H and O–H groups in total. The average molecular weight is 435 g/mol. The number of fused-ring (bicyclic) bond motifs is 1. The Morgan fingerprint density at radius 2 is 1.90 bits per heavy atom. The number of rotatable bonds is 5. The van der Waals surface area contributed by atoms with Gasteiger partial charge in [0.1, 0.15) is 10.7 Å². The zero-order chi connectivity index (χ0) is 21.2. The normalized spacial score (nSPS) is 14.8. The van der Waals surface area contributed by atoms with E-state index in [9.17, 15) is 4.79 Å². The van der Waals surface area contributed by atoms with Gasteiger partial charge >= 0.3 is 0 Å². The van der Waals surface area contributed by atoms with Gasteiger partial charge in [-0.3, -0.25) is 14.7 Å². The highest BCUT2D eigenvalue weighted by atomic mass is 32.1. The van der Waals surface area contributed by atoms with E-state index in [1.54, 1.807) is 30.8 Å². The summed E-state index contributed by atoms with van der Waals surface area (Å²) in [5.41, 5.74) is 1.02. The summed E-state index contributed by atoms with van der Waals surface area (Å²) in [4.78, 5) is 35.3. The number of hydrogen-bond acceptors (Lipinski definition) is 8. The molecule has 0 unspecified atom stereocenters. The molecule has 8 nitrogen and oxygen atoms in total. The Kier molecular flexibility index (Phi) is 5.35. The van der Waals surface area contributed by atoms with E-state index >= 15 is 0 Å². The van der Waals surface area contributed by atoms with Gasteiger partial charge in [0.05, 0.1) is 31.4 Å². The van der Waals surface area contributed by atoms with Gasteiger partial charge < -0.3 is 14.6 Å². The predicted molar refractivity (Wildman–Crippen MR) is 122 cm³/mol. The second-order valence-electron chi connectivity index (χ2n) is 7.39. The maximum absolute atomic E-state index is 12.6. The quantitative estimate of drug-likeness (QED) is 0.517. The van der Waals surface area contributed by atoms with Crippen molar-refractivity contribution in [1.82, 2.24) is 24.8 Å². The van der Waals surface area contributed by atoms with Gasteiger partial charge in [-0.1, -0.05) is 30.3 Å². The zero-order valence-electron chi connectivity index (χ0n) is 17.1. The molecule has 0 spiro atoms. The Morgan fingerprint density at radius 3 is 2.68 bits per heavy atom. The minimum Gasteiger partial charge on any atom is -0.480 e. The molecule has 1 aliphatic rings. The highest BCUT2D eigenvalue weighted by molar-refractivity contribution is 7.21. The number of methoxy groups -OCH3 is 1. The van der Waals surface area contributed by atoms with E-state index in [-0.39, 0.29) is 5.56 Å². The standard InChI is InChI=1S/C22H22N6O2S/c1-30-20-13-23-12-19(26-20)28-9-7-27(8-10-28)14-18-24-21(29)16-11-17(31-22(16)25-18)15-5-3-2-4-6-15/h2-6,11-13H,7-10,14H2,1H3,(H,24,25,29). The summed E-state index contributed by atoms with van der Waals surface area (Å²) in [7, 11) is 1.59. The van der Waals surface area contributed by atoms with E-state index in [2.05, 4.69) is 24.8 Å². The van der Waals surface area contributed by atoms with Crippen LogP contribution in [0, 0.1) is 0 Å². The molecule has 4 aromatic rings. The van der Waals surface area contributed by atoms with Crippen LogP contribution < -0.4 is 15.2 Å². The highest BCUT2D eigenvalue weighted by Gasteiger charge is 2.20. The van der Waals surface area contributed by atoms with Gasteiger partial charge in [-0.2, -0.15) is 4.98 Å². The number of piperazine rings is 1. The van der Waals surface area contributed by atoms with Crippen molar-refractivity contribution in [2.24, 2.45) is 0 Å². The third-order valence-electron chi connectivity index (χ3n) is 5.39. The molecule has 0 amide bonds. The van der Waals surface area contributed by atoms with E-state index in [0.29, 0.717) is 23.6 Å². The first kappa shape index (κ1) is 19.7. The van der Waals surface area contributed by atoms with Crippen LogP contribution in [0.2, 0.25) is 0 Å². The third kappa shape index (κ3) is 4.14. The number of nitrogens with one attached hydrogen (secondary N) is 1. The number of hydrogen-bond donors (Lipinski definition) is 1. The van der Waals surface area contributed by atoms with Crippen molar-refractivity contribution in [1.29, 1.82) is 0 Å². The van der Waals surface area contributed by atoms with Crippen LogP contribution in [0.15, 0.2) is 53.6 Å². The summed E-state index contributed by atoms with van der Waals surface area (Å²) in [5, 5.41) is 0.647. The molecule has 0 bridgehead atoms. The summed E-state index contributed by atoms with van der Waals surface area (Å²) in [6.45, 7) is 3.96. The van der Waals surface area contributed by atoms with Gasteiger partial charge in [0, 0.05) is 31.1 Å². The fourth-order valence-electron chi connectivity index (χ4n) is 3.73. The second kappa shape index (κ2) is 8.44. The Hall–Kier alpha value is -3.30. The molecule has 158 valence electrons. The van der Waals surface area contributed by atoms with Crippen molar-refractivity contribution in [3.63, 3.8) is 0 Å². The van der Waals surface area contributed by atoms with Gasteiger partial charge in [0.25, 0.3) is 5.56 Å². The topological polar surface area (TPSA) is 87.2 Å². The van der Waals surface area contributed by atoms with Crippen LogP contribution >= 0.6 is 11.3 Å². The van der Waals surface area contributed by atoms with Gasteiger partial charge in [-0.15, -0.1) is 11.3 Å². The van der Waals surface area contributed by atoms with E-state index in [0.717, 1.165) is 47.3 Å². The number of aromatic nitrogens is 4. The first-order chi connectivity index (χ1) is 15.2. The van der Waals surface area contributed by atoms with Gasteiger partial charge in [-0.05, 0) is 11.6 Å². The molecule has 0 radical (unpaired) electrons. The molecular formula is C22H22N6O2S. The molecule has 4 heterocycles. The summed E-state index contributed by atoms with van der Waals surface area (Å²) in [6, 6.07) is 12.0. The van der Waals surface area contributed by atoms with E-state index < -0.39 is 0 Å². The fourth-order valence-corrected chi connectivity index (χ4v) is 4.79. The lowest BCUT2D eigenvalue weighted by atomic mass is 10.2. The van der Waals surface area contributed by atoms with Crippen LogP contribution in [-0.4, -0.2) is 58.1 Å². The fraction of sp³-hybridized carbons (Fsp3) is 0.273. The maximum Gasteiger partial charge on any atom is 0.259 e. The van der Waals surface area contributed by atoms with Gasteiger partial charge in [0.2, 0.25) is 5.88 Å². The number of thiophene rings is 1. The highest BCUT2D eigenvalue weighted by Crippen LogP contribution is 2.30. The first-order valence-electron chi connectivity index (χ1n) is 10.1. The number of ether oxygens (including phenoxy) is 1. The summed E-state index contributed by atoms with van der Waals surface area (Å²) in [5.74, 6) is 2.04. The number of H-pyrrole nitrogens is 1. The summed E-state index contributed by atoms with van der Waals surface area (Å²) in [6.07, 6.45) is 3.36. The van der Waals surface area contributed by atoms with Crippen molar-refractivity contribution in [3.8, 4) is 16.3 Å². The van der Waals surface area contributed by atoms with Crippen LogP contribution in [0.4, 0.5) is 5.82 Å². The van der Waals surface area contributed by atoms with Crippen molar-refractivity contribution >= 4 is 27.4 Å². The number of aromatic amines is 1. The second-order valence-corrected chi connectivity index (χ2v) is 8.42. The van der Waals surface area contributed by atoms with Crippen LogP contribution in [0.1, 0.15) is 5.82 Å². The summed E-state index contributed by atoms with van der Waals surface area (Å²) >= 11 is 1.56. The van der Waals surface area contributed by atoms with E-state index in [1.807, 2.05) is 36.4 Å². The molecule has 0 saturated carbocycles. The molecule has 0 aliphatic carbocycles. The Labute approximate surface area is 183 Å². The minimum atomic E-state index is -0.0799. The molecule has 3 aromatic heterocycles. The van der Waals surface area contributed by atoms with E-state index in [4.69, 9.17) is 9.72 Å². The first-order valence-corrected chi connectivity index (χ1v) is 10.9. The molecular weight excluding hydrogens is 412 g/mol. The lowest BCUT2D eigenvalue weighted by Gasteiger charge is -2.34. The van der Waals surface area contributed by atoms with Crippen molar-refractivity contribution in [2.75, 3.05) is 38.2 Å². The smallest absolute Gasteiger partial charge is 0.259 e. The molecule has 5 rings (SSSR count). The average Bonchev–Trinajstić information content (AvgIpc) is 3.25. The van der Waals surface area contributed by atoms with E-state index in [1.165, 1.54) is 0 Å². The number of benzene rings is 1. The van der Waals surface area contributed by atoms with Crippen LogP contribution in [0.25, 0.3) is 20.7 Å². The number of anilines is 1.